The maximum absolute atomic E-state index is 13.1. The highest BCUT2D eigenvalue weighted by atomic mass is 32.1. The van der Waals surface area contributed by atoms with Gasteiger partial charge in [-0.1, -0.05) is 18.2 Å². The summed E-state index contributed by atoms with van der Waals surface area (Å²) in [5.74, 6) is -0.426. The Morgan fingerprint density at radius 3 is 2.48 bits per heavy atom. The molecule has 0 aliphatic heterocycles. The molecule has 1 N–H and O–H groups in total. The van der Waals surface area contributed by atoms with E-state index in [0.29, 0.717) is 11.3 Å². The fourth-order valence-corrected chi connectivity index (χ4v) is 3.47. The van der Waals surface area contributed by atoms with Gasteiger partial charge < -0.3 is 5.32 Å². The third kappa shape index (κ3) is 3.27. The van der Waals surface area contributed by atoms with Crippen LogP contribution in [0, 0.1) is 5.82 Å². The molecule has 3 nitrogen and oxygen atoms in total. The van der Waals surface area contributed by atoms with Crippen molar-refractivity contribution in [1.82, 2.24) is 4.98 Å². The van der Waals surface area contributed by atoms with E-state index in [1.165, 1.54) is 23.5 Å². The summed E-state index contributed by atoms with van der Waals surface area (Å²) >= 11 is 1.53. The van der Waals surface area contributed by atoms with Gasteiger partial charge in [-0.15, -0.1) is 11.3 Å². The molecule has 1 heterocycles. The normalized spacial score (nSPS) is 10.8. The maximum atomic E-state index is 13.1. The van der Waals surface area contributed by atoms with E-state index in [0.717, 1.165) is 20.8 Å². The number of rotatable bonds is 3. The van der Waals surface area contributed by atoms with Crippen LogP contribution < -0.4 is 5.32 Å². The van der Waals surface area contributed by atoms with E-state index in [1.54, 1.807) is 24.3 Å². The van der Waals surface area contributed by atoms with Gasteiger partial charge in [0.1, 0.15) is 10.8 Å². The highest BCUT2D eigenvalue weighted by molar-refractivity contribution is 7.21. The molecular formula is C20H13FN2OS. The van der Waals surface area contributed by atoms with Crippen LogP contribution in [0.15, 0.2) is 72.8 Å². The number of anilines is 1. The molecule has 0 saturated carbocycles. The summed E-state index contributed by atoms with van der Waals surface area (Å²) in [6.45, 7) is 0. The monoisotopic (exact) mass is 348 g/mol. The molecule has 4 aromatic rings. The smallest absolute Gasteiger partial charge is 0.255 e. The number of halogens is 1. The second-order valence-electron chi connectivity index (χ2n) is 5.53. The predicted molar refractivity (Wildman–Crippen MR) is 99.4 cm³/mol. The highest BCUT2D eigenvalue weighted by Gasteiger charge is 2.09. The Kier molecular flexibility index (Phi) is 3.99. The molecule has 122 valence electrons. The van der Waals surface area contributed by atoms with Gasteiger partial charge in [0.2, 0.25) is 0 Å². The lowest BCUT2D eigenvalue weighted by Gasteiger charge is -2.04. The van der Waals surface area contributed by atoms with E-state index in [4.69, 9.17) is 0 Å². The van der Waals surface area contributed by atoms with Crippen molar-refractivity contribution in [3.05, 3.63) is 84.2 Å². The molecule has 0 aliphatic rings. The molecule has 0 fully saturated rings. The topological polar surface area (TPSA) is 42.0 Å². The summed E-state index contributed by atoms with van der Waals surface area (Å²) in [6.07, 6.45) is 0. The van der Waals surface area contributed by atoms with E-state index in [2.05, 4.69) is 10.3 Å². The van der Waals surface area contributed by atoms with E-state index in [1.807, 2.05) is 36.4 Å². The van der Waals surface area contributed by atoms with Crippen LogP contribution in [0.25, 0.3) is 20.8 Å². The van der Waals surface area contributed by atoms with Gasteiger partial charge in [-0.2, -0.15) is 0 Å². The van der Waals surface area contributed by atoms with Crippen molar-refractivity contribution in [1.29, 1.82) is 0 Å². The fraction of sp³-hybridized carbons (Fsp3) is 0. The Morgan fingerprint density at radius 1 is 0.960 bits per heavy atom. The Labute approximate surface area is 147 Å². The number of carbonyl (C=O) groups excluding carboxylic acids is 1. The second kappa shape index (κ2) is 6.45. The van der Waals surface area contributed by atoms with Gasteiger partial charge in [0.25, 0.3) is 5.91 Å². The minimum Gasteiger partial charge on any atom is -0.322 e. The molecule has 1 amide bonds. The van der Waals surface area contributed by atoms with Crippen LogP contribution in [0.5, 0.6) is 0 Å². The average molecular weight is 348 g/mol. The summed E-state index contributed by atoms with van der Waals surface area (Å²) in [7, 11) is 0. The number of hydrogen-bond acceptors (Lipinski definition) is 3. The number of hydrogen-bond donors (Lipinski definition) is 1. The van der Waals surface area contributed by atoms with Crippen molar-refractivity contribution in [3.63, 3.8) is 0 Å². The van der Waals surface area contributed by atoms with Gasteiger partial charge in [-0.25, -0.2) is 9.37 Å². The standard InChI is InChI=1S/C20H13FN2OS/c21-15-8-6-14(7-9-15)20-23-17-12-16(10-11-18(17)25-20)22-19(24)13-4-2-1-3-5-13/h1-12H,(H,22,24). The van der Waals surface area contributed by atoms with Gasteiger partial charge in [0.05, 0.1) is 10.2 Å². The van der Waals surface area contributed by atoms with Crippen molar-refractivity contribution < 1.29 is 9.18 Å². The van der Waals surface area contributed by atoms with Crippen LogP contribution in [0.1, 0.15) is 10.4 Å². The van der Waals surface area contributed by atoms with Gasteiger partial charge in [-0.3, -0.25) is 4.79 Å². The van der Waals surface area contributed by atoms with E-state index in [9.17, 15) is 9.18 Å². The summed E-state index contributed by atoms with van der Waals surface area (Å²) in [4.78, 5) is 16.8. The summed E-state index contributed by atoms with van der Waals surface area (Å²) in [6, 6.07) is 21.0. The van der Waals surface area contributed by atoms with Crippen molar-refractivity contribution in [2.45, 2.75) is 0 Å². The summed E-state index contributed by atoms with van der Waals surface area (Å²) < 4.78 is 14.1. The molecule has 0 aliphatic carbocycles. The van der Waals surface area contributed by atoms with Crippen molar-refractivity contribution in [2.24, 2.45) is 0 Å². The van der Waals surface area contributed by atoms with Crippen LogP contribution in [-0.4, -0.2) is 10.9 Å². The summed E-state index contributed by atoms with van der Waals surface area (Å²) in [5.41, 5.74) is 2.97. The van der Waals surface area contributed by atoms with Crippen molar-refractivity contribution in [3.8, 4) is 10.6 Å². The second-order valence-corrected chi connectivity index (χ2v) is 6.56. The maximum Gasteiger partial charge on any atom is 0.255 e. The zero-order chi connectivity index (χ0) is 17.2. The van der Waals surface area contributed by atoms with E-state index >= 15 is 0 Å². The molecule has 4 rings (SSSR count). The lowest BCUT2D eigenvalue weighted by molar-refractivity contribution is 0.102. The van der Waals surface area contributed by atoms with Gasteiger partial charge in [-0.05, 0) is 54.6 Å². The zero-order valence-corrected chi connectivity index (χ0v) is 13.9. The zero-order valence-electron chi connectivity index (χ0n) is 13.1. The molecule has 0 bridgehead atoms. The van der Waals surface area contributed by atoms with Crippen LogP contribution in [0.2, 0.25) is 0 Å². The van der Waals surface area contributed by atoms with Crippen LogP contribution in [-0.2, 0) is 0 Å². The fourth-order valence-electron chi connectivity index (χ4n) is 2.51. The largest absolute Gasteiger partial charge is 0.322 e. The number of thiazole rings is 1. The first kappa shape index (κ1) is 15.5. The van der Waals surface area contributed by atoms with Crippen LogP contribution in [0.3, 0.4) is 0 Å². The average Bonchev–Trinajstić information content (AvgIpc) is 3.06. The third-order valence-corrected chi connectivity index (χ3v) is 4.86. The number of amides is 1. The highest BCUT2D eigenvalue weighted by Crippen LogP contribution is 2.31. The third-order valence-electron chi connectivity index (χ3n) is 3.77. The Hall–Kier alpha value is -3.05. The predicted octanol–water partition coefficient (Wildman–Crippen LogP) is 5.35. The molecule has 3 aromatic carbocycles. The van der Waals surface area contributed by atoms with Crippen LogP contribution in [0.4, 0.5) is 10.1 Å². The molecule has 0 atom stereocenters. The first-order valence-electron chi connectivity index (χ1n) is 7.72. The molecule has 5 heteroatoms. The minimum absolute atomic E-state index is 0.158. The minimum atomic E-state index is -0.268. The van der Waals surface area contributed by atoms with E-state index in [-0.39, 0.29) is 11.7 Å². The molecule has 1 aromatic heterocycles. The molecule has 0 radical (unpaired) electrons. The Balaban J connectivity index is 1.62. The molecule has 0 saturated heterocycles. The quantitative estimate of drug-likeness (QED) is 0.542. The number of nitrogens with one attached hydrogen (secondary N) is 1. The molecular weight excluding hydrogens is 335 g/mol. The van der Waals surface area contributed by atoms with Gasteiger partial charge in [0.15, 0.2) is 0 Å². The number of benzene rings is 3. The van der Waals surface area contributed by atoms with Gasteiger partial charge in [0, 0.05) is 16.8 Å². The summed E-state index contributed by atoms with van der Waals surface area (Å²) in [5, 5.41) is 3.70. The van der Waals surface area contributed by atoms with Crippen molar-refractivity contribution >= 4 is 33.1 Å². The number of nitrogens with zero attached hydrogens (tertiary/aromatic N) is 1. The first-order chi connectivity index (χ1) is 12.2. The number of carbonyl (C=O) groups is 1. The Bertz CT molecular complexity index is 1040. The Morgan fingerprint density at radius 2 is 1.72 bits per heavy atom. The molecule has 0 unspecified atom stereocenters. The lowest BCUT2D eigenvalue weighted by Crippen LogP contribution is -2.11. The SMILES string of the molecule is O=C(Nc1ccc2sc(-c3ccc(F)cc3)nc2c1)c1ccccc1. The van der Waals surface area contributed by atoms with Crippen molar-refractivity contribution in [2.75, 3.05) is 5.32 Å². The van der Waals surface area contributed by atoms with Gasteiger partial charge >= 0.3 is 0 Å². The molecule has 25 heavy (non-hydrogen) atoms. The first-order valence-corrected chi connectivity index (χ1v) is 8.54. The lowest BCUT2D eigenvalue weighted by atomic mass is 10.2. The van der Waals surface area contributed by atoms with Crippen LogP contribution >= 0.6 is 11.3 Å². The molecule has 0 spiro atoms. The number of fused-ring (bicyclic) bond motifs is 1. The number of aromatic nitrogens is 1. The van der Waals surface area contributed by atoms with E-state index < -0.39 is 0 Å².